The molecule has 0 bridgehead atoms. The fraction of sp³-hybridized carbons (Fsp3) is 0.167. The number of hydrogen-bond donors (Lipinski definition) is 1. The number of nitrogens with one attached hydrogen (secondary N) is 1. The highest BCUT2D eigenvalue weighted by molar-refractivity contribution is 5.66. The molecule has 0 aliphatic carbocycles. The first-order chi connectivity index (χ1) is 11.7. The van der Waals surface area contributed by atoms with Crippen molar-refractivity contribution >= 4 is 0 Å². The average molecular weight is 329 g/mol. The summed E-state index contributed by atoms with van der Waals surface area (Å²) in [5.74, 6) is -3.88. The fourth-order valence-electron chi connectivity index (χ4n) is 3.06. The normalized spacial score (nSPS) is 13.8. The maximum atomic E-state index is 14.2. The Kier molecular flexibility index (Phi) is 3.61. The second-order valence-electron chi connectivity index (χ2n) is 5.67. The fourth-order valence-corrected chi connectivity index (χ4v) is 3.06. The molecular weight excluding hydrogens is 315 g/mol. The van der Waals surface area contributed by atoms with Crippen molar-refractivity contribution in [3.63, 3.8) is 0 Å². The molecule has 0 spiro atoms. The van der Waals surface area contributed by atoms with Crippen molar-refractivity contribution in [3.8, 4) is 16.9 Å². The van der Waals surface area contributed by atoms with E-state index in [2.05, 4.69) is 10.4 Å². The van der Waals surface area contributed by atoms with Crippen LogP contribution in [0, 0.1) is 17.5 Å². The van der Waals surface area contributed by atoms with Crippen molar-refractivity contribution < 1.29 is 13.2 Å². The third-order valence-electron chi connectivity index (χ3n) is 4.22. The van der Waals surface area contributed by atoms with E-state index in [0.717, 1.165) is 36.0 Å². The van der Waals surface area contributed by atoms with Crippen LogP contribution in [0.25, 0.3) is 16.9 Å². The molecule has 0 unspecified atom stereocenters. The second-order valence-corrected chi connectivity index (χ2v) is 5.67. The molecule has 1 aliphatic heterocycles. The molecule has 2 heterocycles. The molecule has 1 N–H and O–H groups in total. The minimum absolute atomic E-state index is 0.0245. The predicted octanol–water partition coefficient (Wildman–Crippen LogP) is 3.60. The number of halogens is 3. The zero-order valence-electron chi connectivity index (χ0n) is 12.7. The largest absolute Gasteiger partial charge is 0.312 e. The van der Waals surface area contributed by atoms with Gasteiger partial charge in [-0.25, -0.2) is 17.9 Å². The van der Waals surface area contributed by atoms with Gasteiger partial charge in [0.15, 0.2) is 17.5 Å². The average Bonchev–Trinajstić information content (AvgIpc) is 3.00. The Morgan fingerprint density at radius 2 is 1.75 bits per heavy atom. The van der Waals surface area contributed by atoms with Crippen molar-refractivity contribution in [2.24, 2.45) is 0 Å². The first kappa shape index (κ1) is 15.0. The van der Waals surface area contributed by atoms with Crippen LogP contribution in [-0.2, 0) is 13.0 Å². The molecule has 1 aliphatic rings. The highest BCUT2D eigenvalue weighted by Gasteiger charge is 2.25. The minimum atomic E-state index is -1.47. The van der Waals surface area contributed by atoms with Crippen molar-refractivity contribution in [3.05, 3.63) is 71.2 Å². The topological polar surface area (TPSA) is 29.9 Å². The Balaban J connectivity index is 1.94. The zero-order valence-corrected chi connectivity index (χ0v) is 12.7. The lowest BCUT2D eigenvalue weighted by Crippen LogP contribution is -2.24. The van der Waals surface area contributed by atoms with Gasteiger partial charge in [-0.05, 0) is 24.3 Å². The number of para-hydroxylation sites is 1. The molecule has 0 saturated heterocycles. The van der Waals surface area contributed by atoms with Crippen LogP contribution in [0.4, 0.5) is 13.2 Å². The summed E-state index contributed by atoms with van der Waals surface area (Å²) in [6.07, 6.45) is 0.725. The van der Waals surface area contributed by atoms with E-state index in [0.29, 0.717) is 12.2 Å². The van der Waals surface area contributed by atoms with Crippen molar-refractivity contribution in [2.75, 3.05) is 6.54 Å². The Morgan fingerprint density at radius 1 is 0.958 bits per heavy atom. The van der Waals surface area contributed by atoms with Gasteiger partial charge in [0, 0.05) is 30.6 Å². The van der Waals surface area contributed by atoms with Crippen molar-refractivity contribution in [1.29, 1.82) is 0 Å². The lowest BCUT2D eigenvalue weighted by Gasteiger charge is -2.15. The van der Waals surface area contributed by atoms with E-state index in [1.54, 1.807) is 4.68 Å². The Bertz CT molecular complexity index is 904. The standard InChI is InChI=1S/C18H14F3N3/c19-14-7-6-12(16(20)17(14)21)18-13-10-22-9-8-15(13)24(23-18)11-4-2-1-3-5-11/h1-7,22H,8-10H2. The summed E-state index contributed by atoms with van der Waals surface area (Å²) in [5.41, 5.74) is 2.94. The van der Waals surface area contributed by atoms with Crippen molar-refractivity contribution in [2.45, 2.75) is 13.0 Å². The van der Waals surface area contributed by atoms with Gasteiger partial charge in [0.05, 0.1) is 11.4 Å². The Labute approximate surface area is 136 Å². The summed E-state index contributed by atoms with van der Waals surface area (Å²) in [5, 5.41) is 7.73. The maximum absolute atomic E-state index is 14.2. The first-order valence-corrected chi connectivity index (χ1v) is 7.67. The molecule has 1 aromatic heterocycles. The predicted molar refractivity (Wildman–Crippen MR) is 84.3 cm³/mol. The summed E-state index contributed by atoms with van der Waals surface area (Å²) in [6, 6.07) is 11.7. The quantitative estimate of drug-likeness (QED) is 0.728. The SMILES string of the molecule is Fc1ccc(-c2nn(-c3ccccc3)c3c2CNCC3)c(F)c1F. The van der Waals surface area contributed by atoms with E-state index < -0.39 is 17.5 Å². The molecule has 0 saturated carbocycles. The van der Waals surface area contributed by atoms with E-state index >= 15 is 0 Å². The molecule has 0 fully saturated rings. The minimum Gasteiger partial charge on any atom is -0.312 e. The van der Waals surface area contributed by atoms with Gasteiger partial charge < -0.3 is 5.32 Å². The highest BCUT2D eigenvalue weighted by atomic mass is 19.2. The number of benzene rings is 2. The summed E-state index contributed by atoms with van der Waals surface area (Å²) in [7, 11) is 0. The van der Waals surface area contributed by atoms with Gasteiger partial charge in [-0.15, -0.1) is 0 Å². The van der Waals surface area contributed by atoms with Crippen LogP contribution < -0.4 is 5.32 Å². The smallest absolute Gasteiger partial charge is 0.195 e. The number of fused-ring (bicyclic) bond motifs is 1. The summed E-state index contributed by atoms with van der Waals surface area (Å²) in [4.78, 5) is 0. The zero-order chi connectivity index (χ0) is 16.7. The number of aromatic nitrogens is 2. The van der Waals surface area contributed by atoms with Gasteiger partial charge in [0.2, 0.25) is 0 Å². The lowest BCUT2D eigenvalue weighted by atomic mass is 10.0. The summed E-state index contributed by atoms with van der Waals surface area (Å²) in [6.45, 7) is 1.29. The van der Waals surface area contributed by atoms with E-state index in [4.69, 9.17) is 0 Å². The van der Waals surface area contributed by atoms with E-state index in [1.165, 1.54) is 6.07 Å². The lowest BCUT2D eigenvalue weighted by molar-refractivity contribution is 0.448. The third-order valence-corrected chi connectivity index (χ3v) is 4.22. The molecule has 4 rings (SSSR count). The van der Waals surface area contributed by atoms with Gasteiger partial charge >= 0.3 is 0 Å². The number of nitrogens with zero attached hydrogens (tertiary/aromatic N) is 2. The Hall–Kier alpha value is -2.60. The van der Waals surface area contributed by atoms with E-state index in [9.17, 15) is 13.2 Å². The molecule has 3 nitrogen and oxygen atoms in total. The number of hydrogen-bond acceptors (Lipinski definition) is 2. The molecule has 0 amide bonds. The van der Waals surface area contributed by atoms with Gasteiger partial charge in [0.25, 0.3) is 0 Å². The Morgan fingerprint density at radius 3 is 2.54 bits per heavy atom. The van der Waals surface area contributed by atoms with Gasteiger partial charge in [-0.1, -0.05) is 18.2 Å². The molecule has 6 heteroatoms. The van der Waals surface area contributed by atoms with Crippen LogP contribution in [-0.4, -0.2) is 16.3 Å². The molecule has 2 aromatic carbocycles. The van der Waals surface area contributed by atoms with Gasteiger partial charge in [0.1, 0.15) is 5.69 Å². The van der Waals surface area contributed by atoms with Gasteiger partial charge in [-0.3, -0.25) is 0 Å². The molecule has 122 valence electrons. The van der Waals surface area contributed by atoms with Crippen LogP contribution in [0.1, 0.15) is 11.3 Å². The van der Waals surface area contributed by atoms with Crippen LogP contribution in [0.3, 0.4) is 0 Å². The van der Waals surface area contributed by atoms with Crippen LogP contribution in [0.2, 0.25) is 0 Å². The molecule has 0 atom stereocenters. The molecule has 24 heavy (non-hydrogen) atoms. The van der Waals surface area contributed by atoms with Gasteiger partial charge in [-0.2, -0.15) is 5.10 Å². The third kappa shape index (κ3) is 2.30. The molecule has 0 radical (unpaired) electrons. The molecule has 3 aromatic rings. The number of rotatable bonds is 2. The molecular formula is C18H14F3N3. The van der Waals surface area contributed by atoms with Crippen LogP contribution in [0.15, 0.2) is 42.5 Å². The maximum Gasteiger partial charge on any atom is 0.195 e. The monoisotopic (exact) mass is 329 g/mol. The van der Waals surface area contributed by atoms with E-state index in [-0.39, 0.29) is 5.56 Å². The summed E-state index contributed by atoms with van der Waals surface area (Å²) >= 11 is 0. The highest BCUT2D eigenvalue weighted by Crippen LogP contribution is 2.32. The second kappa shape index (κ2) is 5.79. The van der Waals surface area contributed by atoms with Crippen LogP contribution >= 0.6 is 0 Å². The first-order valence-electron chi connectivity index (χ1n) is 7.67. The van der Waals surface area contributed by atoms with Crippen molar-refractivity contribution in [1.82, 2.24) is 15.1 Å². The van der Waals surface area contributed by atoms with E-state index in [1.807, 2.05) is 30.3 Å². The van der Waals surface area contributed by atoms with Crippen LogP contribution in [0.5, 0.6) is 0 Å². The summed E-state index contributed by atoms with van der Waals surface area (Å²) < 4.78 is 42.9.